The lowest BCUT2D eigenvalue weighted by molar-refractivity contribution is 0.0684. The molecule has 5 nitrogen and oxygen atoms in total. The third-order valence-electron chi connectivity index (χ3n) is 5.23. The van der Waals surface area contributed by atoms with E-state index in [1.165, 1.54) is 12.3 Å². The highest BCUT2D eigenvalue weighted by atomic mass is 19.2. The highest BCUT2D eigenvalue weighted by Gasteiger charge is 2.25. The molecule has 1 aromatic carbocycles. The van der Waals surface area contributed by atoms with Crippen LogP contribution >= 0.6 is 0 Å². The van der Waals surface area contributed by atoms with Crippen molar-refractivity contribution in [2.75, 3.05) is 18.4 Å². The molecular formula is C22H22F2N4O. The summed E-state index contributed by atoms with van der Waals surface area (Å²) in [5.74, 6) is -1.57. The monoisotopic (exact) mass is 396 g/mol. The van der Waals surface area contributed by atoms with Gasteiger partial charge in [0.05, 0.1) is 11.3 Å². The Labute approximate surface area is 167 Å². The molecule has 7 heteroatoms. The third kappa shape index (κ3) is 3.90. The smallest absolute Gasteiger partial charge is 0.257 e. The van der Waals surface area contributed by atoms with E-state index in [9.17, 15) is 13.6 Å². The van der Waals surface area contributed by atoms with E-state index >= 15 is 0 Å². The Morgan fingerprint density at radius 3 is 2.79 bits per heavy atom. The fourth-order valence-electron chi connectivity index (χ4n) is 3.73. The van der Waals surface area contributed by atoms with Gasteiger partial charge in [0.2, 0.25) is 0 Å². The molecule has 3 aromatic rings. The van der Waals surface area contributed by atoms with Gasteiger partial charge in [-0.1, -0.05) is 6.92 Å². The normalized spacial score (nSPS) is 16.8. The number of carbonyl (C=O) groups is 1. The molecule has 0 radical (unpaired) electrons. The van der Waals surface area contributed by atoms with Crippen LogP contribution in [0.1, 0.15) is 35.8 Å². The van der Waals surface area contributed by atoms with Crippen molar-refractivity contribution in [3.8, 4) is 0 Å². The maximum Gasteiger partial charge on any atom is 0.257 e. The Morgan fingerprint density at radius 1 is 1.21 bits per heavy atom. The van der Waals surface area contributed by atoms with Crippen LogP contribution in [0, 0.1) is 24.5 Å². The highest BCUT2D eigenvalue weighted by Crippen LogP contribution is 2.31. The lowest BCUT2D eigenvalue weighted by Crippen LogP contribution is -2.39. The zero-order valence-electron chi connectivity index (χ0n) is 16.4. The van der Waals surface area contributed by atoms with E-state index in [-0.39, 0.29) is 5.91 Å². The van der Waals surface area contributed by atoms with Crippen molar-refractivity contribution in [2.45, 2.75) is 26.7 Å². The van der Waals surface area contributed by atoms with Gasteiger partial charge >= 0.3 is 0 Å². The minimum Gasteiger partial charge on any atom is -0.354 e. The number of aromatic nitrogens is 2. The van der Waals surface area contributed by atoms with Gasteiger partial charge in [0.25, 0.3) is 5.91 Å². The number of amides is 1. The van der Waals surface area contributed by atoms with Crippen LogP contribution in [0.5, 0.6) is 0 Å². The van der Waals surface area contributed by atoms with Crippen LogP contribution in [0.4, 0.5) is 20.2 Å². The SMILES string of the molecule is Cc1ccc2c(Nc3ccc(F)c(F)c3)c(C(=O)N3CCC[C@H](C)C3)cnc2n1. The molecular weight excluding hydrogens is 374 g/mol. The van der Waals surface area contributed by atoms with E-state index in [2.05, 4.69) is 22.2 Å². The van der Waals surface area contributed by atoms with Crippen molar-refractivity contribution in [1.82, 2.24) is 14.9 Å². The molecule has 1 saturated heterocycles. The molecule has 0 unspecified atom stereocenters. The summed E-state index contributed by atoms with van der Waals surface area (Å²) < 4.78 is 27.1. The Balaban J connectivity index is 1.80. The predicted molar refractivity (Wildman–Crippen MR) is 108 cm³/mol. The van der Waals surface area contributed by atoms with Crippen molar-refractivity contribution >= 4 is 28.3 Å². The van der Waals surface area contributed by atoms with E-state index in [1.54, 1.807) is 0 Å². The molecule has 150 valence electrons. The first-order chi connectivity index (χ1) is 13.9. The molecule has 0 aliphatic carbocycles. The van der Waals surface area contributed by atoms with Crippen LogP contribution in [0.25, 0.3) is 11.0 Å². The first-order valence-electron chi connectivity index (χ1n) is 9.70. The van der Waals surface area contributed by atoms with Crippen molar-refractivity contribution in [2.24, 2.45) is 5.92 Å². The van der Waals surface area contributed by atoms with E-state index in [4.69, 9.17) is 0 Å². The lowest BCUT2D eigenvalue weighted by Gasteiger charge is -2.31. The molecule has 0 saturated carbocycles. The third-order valence-corrected chi connectivity index (χ3v) is 5.23. The number of anilines is 2. The van der Waals surface area contributed by atoms with Gasteiger partial charge in [-0.25, -0.2) is 18.7 Å². The summed E-state index contributed by atoms with van der Waals surface area (Å²) in [5.41, 5.74) is 2.52. The van der Waals surface area contributed by atoms with Crippen molar-refractivity contribution in [3.63, 3.8) is 0 Å². The molecule has 1 fully saturated rings. The van der Waals surface area contributed by atoms with Gasteiger partial charge in [0, 0.05) is 42.1 Å². The summed E-state index contributed by atoms with van der Waals surface area (Å²) in [6, 6.07) is 7.22. The number of nitrogens with one attached hydrogen (secondary N) is 1. The van der Waals surface area contributed by atoms with Gasteiger partial charge in [-0.2, -0.15) is 0 Å². The van der Waals surface area contributed by atoms with Crippen LogP contribution in [-0.4, -0.2) is 33.9 Å². The number of piperidine rings is 1. The van der Waals surface area contributed by atoms with Gasteiger partial charge in [-0.3, -0.25) is 4.79 Å². The van der Waals surface area contributed by atoms with E-state index in [0.717, 1.165) is 30.7 Å². The Kier molecular flexibility index (Phi) is 5.13. The minimum absolute atomic E-state index is 0.128. The highest BCUT2D eigenvalue weighted by molar-refractivity contribution is 6.07. The van der Waals surface area contributed by atoms with Crippen LogP contribution in [0.15, 0.2) is 36.5 Å². The minimum atomic E-state index is -0.958. The summed E-state index contributed by atoms with van der Waals surface area (Å²) in [5, 5.41) is 3.75. The number of hydrogen-bond acceptors (Lipinski definition) is 4. The molecule has 29 heavy (non-hydrogen) atoms. The van der Waals surface area contributed by atoms with E-state index in [1.807, 2.05) is 24.0 Å². The second-order valence-corrected chi connectivity index (χ2v) is 7.62. The van der Waals surface area contributed by atoms with E-state index in [0.29, 0.717) is 47.0 Å². The quantitative estimate of drug-likeness (QED) is 0.689. The molecule has 1 aliphatic rings. The van der Waals surface area contributed by atoms with Gasteiger partial charge in [-0.05, 0) is 49.9 Å². The number of fused-ring (bicyclic) bond motifs is 1. The average Bonchev–Trinajstić information content (AvgIpc) is 2.70. The molecule has 2 aromatic heterocycles. The molecule has 1 N–H and O–H groups in total. The summed E-state index contributed by atoms with van der Waals surface area (Å²) >= 11 is 0. The topological polar surface area (TPSA) is 58.1 Å². The van der Waals surface area contributed by atoms with Crippen LogP contribution in [0.3, 0.4) is 0 Å². The maximum absolute atomic E-state index is 13.7. The standard InChI is InChI=1S/C22H22F2N4O/c1-13-4-3-9-28(12-13)22(29)17-11-25-21-16(7-5-14(2)26-21)20(17)27-15-6-8-18(23)19(24)10-15/h5-8,10-11,13H,3-4,9,12H2,1-2H3,(H,25,26,27)/t13-/m0/s1. The van der Waals surface area contributed by atoms with Crippen molar-refractivity contribution in [3.05, 3.63) is 59.4 Å². The fourth-order valence-corrected chi connectivity index (χ4v) is 3.73. The zero-order valence-corrected chi connectivity index (χ0v) is 16.4. The molecule has 0 spiro atoms. The molecule has 0 bridgehead atoms. The van der Waals surface area contributed by atoms with Gasteiger partial charge in [0.15, 0.2) is 17.3 Å². The number of carbonyl (C=O) groups excluding carboxylic acids is 1. The zero-order chi connectivity index (χ0) is 20.5. The number of halogens is 2. The van der Waals surface area contributed by atoms with Crippen LogP contribution < -0.4 is 5.32 Å². The Bertz CT molecular complexity index is 1090. The summed E-state index contributed by atoms with van der Waals surface area (Å²) in [6.07, 6.45) is 3.57. The number of hydrogen-bond donors (Lipinski definition) is 1. The largest absolute Gasteiger partial charge is 0.354 e. The predicted octanol–water partition coefficient (Wildman–Crippen LogP) is 4.83. The molecule has 1 aliphatic heterocycles. The number of rotatable bonds is 3. The lowest BCUT2D eigenvalue weighted by atomic mass is 9.99. The maximum atomic E-state index is 13.7. The summed E-state index contributed by atoms with van der Waals surface area (Å²) in [4.78, 5) is 23.9. The molecule has 3 heterocycles. The van der Waals surface area contributed by atoms with Crippen LogP contribution in [-0.2, 0) is 0 Å². The average molecular weight is 396 g/mol. The van der Waals surface area contributed by atoms with Gasteiger partial charge < -0.3 is 10.2 Å². The second-order valence-electron chi connectivity index (χ2n) is 7.62. The summed E-state index contributed by atoms with van der Waals surface area (Å²) in [7, 11) is 0. The number of pyridine rings is 2. The Morgan fingerprint density at radius 2 is 2.03 bits per heavy atom. The van der Waals surface area contributed by atoms with Gasteiger partial charge in [0.1, 0.15) is 0 Å². The molecule has 1 amide bonds. The summed E-state index contributed by atoms with van der Waals surface area (Å²) in [6.45, 7) is 5.37. The second kappa shape index (κ2) is 7.73. The number of benzene rings is 1. The van der Waals surface area contributed by atoms with E-state index < -0.39 is 11.6 Å². The van der Waals surface area contributed by atoms with Crippen LogP contribution in [0.2, 0.25) is 0 Å². The molecule has 4 rings (SSSR count). The van der Waals surface area contributed by atoms with Crippen molar-refractivity contribution < 1.29 is 13.6 Å². The first-order valence-corrected chi connectivity index (χ1v) is 9.70. The number of likely N-dealkylation sites (tertiary alicyclic amines) is 1. The molecule has 1 atom stereocenters. The first kappa shape index (κ1) is 19.2. The number of nitrogens with zero attached hydrogens (tertiary/aromatic N) is 3. The fraction of sp³-hybridized carbons (Fsp3) is 0.318. The van der Waals surface area contributed by atoms with Crippen molar-refractivity contribution in [1.29, 1.82) is 0 Å². The Hall–Kier alpha value is -3.09. The van der Waals surface area contributed by atoms with Gasteiger partial charge in [-0.15, -0.1) is 0 Å². The number of aryl methyl sites for hydroxylation is 1.